The molecule has 0 heterocycles. The third-order valence-electron chi connectivity index (χ3n) is 2.78. The molecule has 0 atom stereocenters. The van der Waals surface area contributed by atoms with Crippen LogP contribution in [0.3, 0.4) is 0 Å². The Morgan fingerprint density at radius 2 is 2.00 bits per heavy atom. The largest absolute Gasteiger partial charge is 0.396 e. The fourth-order valence-corrected chi connectivity index (χ4v) is 2.32. The normalized spacial score (nSPS) is 54.0. The molecule has 3 aliphatic rings. The van der Waals surface area contributed by atoms with E-state index in [0.717, 1.165) is 19.3 Å². The molecule has 4 N–H and O–H groups in total. The molecular formula is C6H12N2O. The van der Waals surface area contributed by atoms with Crippen LogP contribution in [0.5, 0.6) is 0 Å². The first-order valence-corrected chi connectivity index (χ1v) is 3.33. The number of rotatable bonds is 2. The summed E-state index contributed by atoms with van der Waals surface area (Å²) in [5, 5.41) is 8.82. The van der Waals surface area contributed by atoms with E-state index in [9.17, 15) is 0 Å². The molecule has 0 amide bonds. The highest BCUT2D eigenvalue weighted by atomic mass is 16.3. The number of nitrogens with one attached hydrogen (secondary N) is 1. The van der Waals surface area contributed by atoms with Crippen LogP contribution in [-0.2, 0) is 0 Å². The molecule has 0 spiro atoms. The van der Waals surface area contributed by atoms with Gasteiger partial charge in [-0.15, -0.1) is 0 Å². The second kappa shape index (κ2) is 1.31. The van der Waals surface area contributed by atoms with Gasteiger partial charge in [0.15, 0.2) is 0 Å². The maximum absolute atomic E-state index is 8.82. The van der Waals surface area contributed by atoms with E-state index >= 15 is 0 Å². The minimum absolute atomic E-state index is 0.239. The summed E-state index contributed by atoms with van der Waals surface area (Å²) in [7, 11) is 0. The molecule has 3 saturated carbocycles. The van der Waals surface area contributed by atoms with E-state index in [4.69, 9.17) is 10.9 Å². The van der Waals surface area contributed by atoms with Gasteiger partial charge in [-0.2, -0.15) is 0 Å². The van der Waals surface area contributed by atoms with Crippen molar-refractivity contribution in [2.24, 2.45) is 11.3 Å². The van der Waals surface area contributed by atoms with E-state index in [2.05, 4.69) is 5.43 Å². The predicted molar refractivity (Wildman–Crippen MR) is 33.4 cm³/mol. The van der Waals surface area contributed by atoms with Gasteiger partial charge in [-0.3, -0.25) is 11.3 Å². The summed E-state index contributed by atoms with van der Waals surface area (Å²) in [5.74, 6) is 5.29. The van der Waals surface area contributed by atoms with Crippen molar-refractivity contribution >= 4 is 0 Å². The van der Waals surface area contributed by atoms with Crippen molar-refractivity contribution in [3.63, 3.8) is 0 Å². The summed E-state index contributed by atoms with van der Waals surface area (Å²) in [6.07, 6.45) is 3.23. The Morgan fingerprint density at radius 1 is 1.44 bits per heavy atom. The van der Waals surface area contributed by atoms with Crippen LogP contribution in [0.2, 0.25) is 0 Å². The summed E-state index contributed by atoms with van der Waals surface area (Å²) in [4.78, 5) is 0. The molecule has 52 valence electrons. The maximum Gasteiger partial charge on any atom is 0.0489 e. The fraction of sp³-hybridized carbons (Fsp3) is 1.00. The molecule has 3 aliphatic carbocycles. The topological polar surface area (TPSA) is 58.3 Å². The molecule has 3 fully saturated rings. The van der Waals surface area contributed by atoms with Crippen molar-refractivity contribution < 1.29 is 5.11 Å². The van der Waals surface area contributed by atoms with Gasteiger partial charge in [0.25, 0.3) is 0 Å². The van der Waals surface area contributed by atoms with Crippen molar-refractivity contribution in [3.05, 3.63) is 0 Å². The Hall–Kier alpha value is -0.120. The Balaban J connectivity index is 1.96. The zero-order valence-electron chi connectivity index (χ0n) is 5.35. The molecule has 0 aromatic carbocycles. The molecule has 0 aliphatic heterocycles. The SMILES string of the molecule is NNC12CC(CO)(C1)C2. The molecule has 3 heteroatoms. The average molecular weight is 128 g/mol. The highest BCUT2D eigenvalue weighted by molar-refractivity contribution is 5.22. The average Bonchev–Trinajstić information content (AvgIpc) is 1.62. The van der Waals surface area contributed by atoms with Crippen LogP contribution < -0.4 is 11.3 Å². The molecular weight excluding hydrogens is 116 g/mol. The monoisotopic (exact) mass is 128 g/mol. The Morgan fingerprint density at radius 3 is 2.33 bits per heavy atom. The van der Waals surface area contributed by atoms with Gasteiger partial charge < -0.3 is 5.11 Å². The third kappa shape index (κ3) is 0.478. The fourth-order valence-electron chi connectivity index (χ4n) is 2.32. The minimum Gasteiger partial charge on any atom is -0.396 e. The Labute approximate surface area is 54.2 Å². The van der Waals surface area contributed by atoms with Crippen LogP contribution in [0.4, 0.5) is 0 Å². The van der Waals surface area contributed by atoms with Gasteiger partial charge in [0.1, 0.15) is 0 Å². The molecule has 0 saturated heterocycles. The summed E-state index contributed by atoms with van der Waals surface area (Å²) >= 11 is 0. The van der Waals surface area contributed by atoms with E-state index in [0.29, 0.717) is 6.61 Å². The van der Waals surface area contributed by atoms with Crippen molar-refractivity contribution in [2.45, 2.75) is 24.8 Å². The first kappa shape index (κ1) is 5.65. The quantitative estimate of drug-likeness (QED) is 0.342. The molecule has 0 aromatic rings. The molecule has 0 radical (unpaired) electrons. The molecule has 3 rings (SSSR count). The van der Waals surface area contributed by atoms with Gasteiger partial charge in [-0.1, -0.05) is 0 Å². The van der Waals surface area contributed by atoms with Crippen LogP contribution >= 0.6 is 0 Å². The zero-order valence-corrected chi connectivity index (χ0v) is 5.35. The lowest BCUT2D eigenvalue weighted by Gasteiger charge is -2.69. The first-order chi connectivity index (χ1) is 4.24. The maximum atomic E-state index is 8.82. The first-order valence-electron chi connectivity index (χ1n) is 3.33. The van der Waals surface area contributed by atoms with Gasteiger partial charge in [0, 0.05) is 12.1 Å². The van der Waals surface area contributed by atoms with Gasteiger partial charge in [0.05, 0.1) is 0 Å². The van der Waals surface area contributed by atoms with Crippen LogP contribution in [0.1, 0.15) is 19.3 Å². The highest BCUT2D eigenvalue weighted by Crippen LogP contribution is 2.66. The Kier molecular flexibility index (Phi) is 0.822. The lowest BCUT2D eigenvalue weighted by atomic mass is 9.40. The van der Waals surface area contributed by atoms with E-state index in [1.165, 1.54) is 0 Å². The van der Waals surface area contributed by atoms with Crippen molar-refractivity contribution in [2.75, 3.05) is 6.61 Å². The summed E-state index contributed by atoms with van der Waals surface area (Å²) in [5.41, 5.74) is 3.31. The van der Waals surface area contributed by atoms with E-state index in [1.807, 2.05) is 0 Å². The minimum atomic E-state index is 0.239. The second-order valence-corrected chi connectivity index (χ2v) is 3.61. The standard InChI is InChI=1S/C6H12N2O/c7-8-6-1-5(2-6,3-6)4-9/h8-9H,1-4,7H2. The van der Waals surface area contributed by atoms with Gasteiger partial charge in [-0.25, -0.2) is 0 Å². The smallest absolute Gasteiger partial charge is 0.0489 e. The number of hydrogen-bond acceptors (Lipinski definition) is 3. The van der Waals surface area contributed by atoms with E-state index < -0.39 is 0 Å². The lowest BCUT2D eigenvalue weighted by Crippen LogP contribution is -2.76. The number of hydrogen-bond donors (Lipinski definition) is 3. The summed E-state index contributed by atoms with van der Waals surface area (Å²) in [6, 6.07) is 0. The summed E-state index contributed by atoms with van der Waals surface area (Å²) in [6.45, 7) is 0.344. The number of hydrazine groups is 1. The van der Waals surface area contributed by atoms with Crippen molar-refractivity contribution in [3.8, 4) is 0 Å². The zero-order chi connectivity index (χ0) is 6.54. The van der Waals surface area contributed by atoms with E-state index in [-0.39, 0.29) is 11.0 Å². The molecule has 9 heavy (non-hydrogen) atoms. The molecule has 0 aromatic heterocycles. The highest BCUT2D eigenvalue weighted by Gasteiger charge is 2.67. The number of aliphatic hydroxyl groups excluding tert-OH is 1. The van der Waals surface area contributed by atoms with Gasteiger partial charge in [-0.05, 0) is 24.7 Å². The Bertz CT molecular complexity index is 112. The van der Waals surface area contributed by atoms with Crippen LogP contribution in [-0.4, -0.2) is 17.3 Å². The second-order valence-electron chi connectivity index (χ2n) is 3.61. The number of aliphatic hydroxyl groups is 1. The van der Waals surface area contributed by atoms with Crippen LogP contribution in [0.15, 0.2) is 0 Å². The van der Waals surface area contributed by atoms with Gasteiger partial charge in [0.2, 0.25) is 0 Å². The van der Waals surface area contributed by atoms with Gasteiger partial charge >= 0.3 is 0 Å². The number of nitrogens with two attached hydrogens (primary N) is 1. The van der Waals surface area contributed by atoms with E-state index in [1.54, 1.807) is 0 Å². The predicted octanol–water partition coefficient (Wildman–Crippen LogP) is -0.635. The molecule has 3 nitrogen and oxygen atoms in total. The molecule has 0 unspecified atom stereocenters. The lowest BCUT2D eigenvalue weighted by molar-refractivity contribution is -0.178. The van der Waals surface area contributed by atoms with Crippen LogP contribution in [0, 0.1) is 5.41 Å². The van der Waals surface area contributed by atoms with Crippen LogP contribution in [0.25, 0.3) is 0 Å². The van der Waals surface area contributed by atoms with Crippen molar-refractivity contribution in [1.82, 2.24) is 5.43 Å². The van der Waals surface area contributed by atoms with Crippen molar-refractivity contribution in [1.29, 1.82) is 0 Å². The summed E-state index contributed by atoms with van der Waals surface area (Å²) < 4.78 is 0. The third-order valence-corrected chi connectivity index (χ3v) is 2.78. The molecule has 2 bridgehead atoms.